The van der Waals surface area contributed by atoms with Gasteiger partial charge in [-0.25, -0.2) is 8.42 Å². The van der Waals surface area contributed by atoms with Gasteiger partial charge in [-0.05, 0) is 31.9 Å². The summed E-state index contributed by atoms with van der Waals surface area (Å²) >= 11 is 1.36. The van der Waals surface area contributed by atoms with Gasteiger partial charge in [0.15, 0.2) is 10.9 Å². The van der Waals surface area contributed by atoms with Crippen LogP contribution in [0.25, 0.3) is 0 Å². The van der Waals surface area contributed by atoms with Crippen molar-refractivity contribution >= 4 is 33.5 Å². The van der Waals surface area contributed by atoms with Crippen LogP contribution in [0.3, 0.4) is 0 Å². The number of sulfonamides is 1. The Morgan fingerprint density at radius 3 is 2.29 bits per heavy atom. The molecule has 166 valence electrons. The molecule has 0 unspecified atom stereocenters. The van der Waals surface area contributed by atoms with Crippen LogP contribution < -0.4 is 0 Å². The van der Waals surface area contributed by atoms with Crippen molar-refractivity contribution in [2.24, 2.45) is 7.05 Å². The van der Waals surface area contributed by atoms with Gasteiger partial charge in [0.25, 0.3) is 0 Å². The maximum Gasteiger partial charge on any atom is 0.243 e. The summed E-state index contributed by atoms with van der Waals surface area (Å²) in [6.45, 7) is 2.60. The smallest absolute Gasteiger partial charge is 0.243 e. The predicted molar refractivity (Wildman–Crippen MR) is 115 cm³/mol. The molecule has 31 heavy (non-hydrogen) atoms. The third kappa shape index (κ3) is 4.68. The Kier molecular flexibility index (Phi) is 6.18. The minimum atomic E-state index is -3.66. The average Bonchev–Trinajstić information content (AvgIpc) is 3.55. The molecule has 1 saturated heterocycles. The van der Waals surface area contributed by atoms with Gasteiger partial charge in [-0.3, -0.25) is 9.59 Å². The maximum atomic E-state index is 12.9. The molecule has 1 saturated carbocycles. The minimum Gasteiger partial charge on any atom is -0.339 e. The maximum absolute atomic E-state index is 12.9. The van der Waals surface area contributed by atoms with Gasteiger partial charge >= 0.3 is 0 Å². The number of benzene rings is 1. The van der Waals surface area contributed by atoms with Crippen LogP contribution in [0.5, 0.6) is 0 Å². The second-order valence-corrected chi connectivity index (χ2v) is 10.7. The van der Waals surface area contributed by atoms with E-state index < -0.39 is 10.0 Å². The number of piperazine rings is 1. The zero-order valence-electron chi connectivity index (χ0n) is 17.5. The molecule has 1 aromatic carbocycles. The van der Waals surface area contributed by atoms with Crippen LogP contribution in [-0.2, 0) is 21.9 Å². The zero-order chi connectivity index (χ0) is 22.2. The number of hydrogen-bond donors (Lipinski definition) is 0. The van der Waals surface area contributed by atoms with Crippen molar-refractivity contribution in [1.82, 2.24) is 24.0 Å². The number of nitrogens with zero attached hydrogens (tertiary/aromatic N) is 5. The van der Waals surface area contributed by atoms with Gasteiger partial charge in [-0.1, -0.05) is 23.9 Å². The average molecular weight is 464 g/mol. The lowest BCUT2D eigenvalue weighted by Gasteiger charge is -2.34. The first-order chi connectivity index (χ1) is 14.8. The number of Topliss-reactive ketones (excluding diaryl/α,β-unsaturated/α-hetero) is 1. The third-order valence-corrected chi connectivity index (χ3v) is 8.54. The summed E-state index contributed by atoms with van der Waals surface area (Å²) in [6.07, 6.45) is 2.28. The van der Waals surface area contributed by atoms with Crippen molar-refractivity contribution in [2.75, 3.05) is 31.9 Å². The Labute approximate surface area is 185 Å². The van der Waals surface area contributed by atoms with Gasteiger partial charge in [-0.15, -0.1) is 10.2 Å². The van der Waals surface area contributed by atoms with Crippen molar-refractivity contribution in [3.8, 4) is 0 Å². The first-order valence-corrected chi connectivity index (χ1v) is 12.6. The normalized spacial score (nSPS) is 17.7. The summed E-state index contributed by atoms with van der Waals surface area (Å²) in [6, 6.07) is 5.95. The van der Waals surface area contributed by atoms with Gasteiger partial charge < -0.3 is 9.47 Å². The molecule has 2 fully saturated rings. The van der Waals surface area contributed by atoms with Crippen molar-refractivity contribution in [1.29, 1.82) is 0 Å². The van der Waals surface area contributed by atoms with Crippen LogP contribution in [0.2, 0.25) is 0 Å². The number of ketones is 1. The molecule has 0 radical (unpaired) electrons. The van der Waals surface area contributed by atoms with E-state index in [4.69, 9.17) is 0 Å². The molecule has 1 aliphatic carbocycles. The van der Waals surface area contributed by atoms with E-state index in [1.807, 2.05) is 11.6 Å². The Morgan fingerprint density at radius 2 is 1.71 bits per heavy atom. The predicted octanol–water partition coefficient (Wildman–Crippen LogP) is 1.52. The summed E-state index contributed by atoms with van der Waals surface area (Å²) in [4.78, 5) is 25.9. The lowest BCUT2D eigenvalue weighted by atomic mass is 10.2. The highest BCUT2D eigenvalue weighted by Crippen LogP contribution is 2.39. The van der Waals surface area contributed by atoms with Gasteiger partial charge in [0.05, 0.1) is 10.6 Å². The molecule has 1 amide bonds. The SMILES string of the molecule is CC(=O)c1ccc(S(=O)(=O)N2CCN(C(=O)CSc3nnc(C4CC4)n3C)CC2)cc1. The topological polar surface area (TPSA) is 105 Å². The minimum absolute atomic E-state index is 0.0381. The highest BCUT2D eigenvalue weighted by Gasteiger charge is 2.31. The van der Waals surface area contributed by atoms with E-state index in [9.17, 15) is 18.0 Å². The Morgan fingerprint density at radius 1 is 1.06 bits per heavy atom. The van der Waals surface area contributed by atoms with E-state index in [1.165, 1.54) is 47.3 Å². The number of hydrogen-bond acceptors (Lipinski definition) is 7. The number of amides is 1. The van der Waals surface area contributed by atoms with Gasteiger partial charge in [0, 0.05) is 44.7 Å². The highest BCUT2D eigenvalue weighted by atomic mass is 32.2. The molecule has 2 aromatic rings. The van der Waals surface area contributed by atoms with E-state index in [1.54, 1.807) is 4.90 Å². The molecular weight excluding hydrogens is 438 g/mol. The van der Waals surface area contributed by atoms with E-state index >= 15 is 0 Å². The molecule has 1 aromatic heterocycles. The summed E-state index contributed by atoms with van der Waals surface area (Å²) in [7, 11) is -1.73. The number of thioether (sulfide) groups is 1. The van der Waals surface area contributed by atoms with Gasteiger partial charge in [0.2, 0.25) is 15.9 Å². The second kappa shape index (κ2) is 8.71. The number of carbonyl (C=O) groups is 2. The monoisotopic (exact) mass is 463 g/mol. The number of aromatic nitrogens is 3. The Hall–Kier alpha value is -2.24. The van der Waals surface area contributed by atoms with Crippen molar-refractivity contribution < 1.29 is 18.0 Å². The fourth-order valence-corrected chi connectivity index (χ4v) is 5.80. The summed E-state index contributed by atoms with van der Waals surface area (Å²) in [5, 5.41) is 9.14. The molecule has 4 rings (SSSR count). The van der Waals surface area contributed by atoms with E-state index in [-0.39, 0.29) is 35.4 Å². The first-order valence-electron chi connectivity index (χ1n) is 10.2. The Bertz CT molecular complexity index is 1090. The lowest BCUT2D eigenvalue weighted by Crippen LogP contribution is -2.50. The third-order valence-electron chi connectivity index (χ3n) is 5.63. The molecule has 0 bridgehead atoms. The molecule has 11 heteroatoms. The van der Waals surface area contributed by atoms with Crippen LogP contribution in [0.4, 0.5) is 0 Å². The molecular formula is C20H25N5O4S2. The zero-order valence-corrected chi connectivity index (χ0v) is 19.2. The fourth-order valence-electron chi connectivity index (χ4n) is 3.56. The van der Waals surface area contributed by atoms with Crippen LogP contribution >= 0.6 is 11.8 Å². The molecule has 0 N–H and O–H groups in total. The van der Waals surface area contributed by atoms with Crippen molar-refractivity contribution in [3.63, 3.8) is 0 Å². The van der Waals surface area contributed by atoms with Crippen LogP contribution in [0.15, 0.2) is 34.3 Å². The molecule has 2 heterocycles. The van der Waals surface area contributed by atoms with Gasteiger partial charge in [0.1, 0.15) is 5.82 Å². The Balaban J connectivity index is 1.31. The van der Waals surface area contributed by atoms with Crippen molar-refractivity contribution in [2.45, 2.75) is 35.7 Å². The summed E-state index contributed by atoms with van der Waals surface area (Å²) < 4.78 is 29.1. The molecule has 1 aliphatic heterocycles. The van der Waals surface area contributed by atoms with Gasteiger partial charge in [-0.2, -0.15) is 4.31 Å². The lowest BCUT2D eigenvalue weighted by molar-refractivity contribution is -0.129. The largest absolute Gasteiger partial charge is 0.339 e. The van der Waals surface area contributed by atoms with Crippen LogP contribution in [0.1, 0.15) is 41.9 Å². The second-order valence-electron chi connectivity index (χ2n) is 7.83. The standard InChI is InChI=1S/C20H25N5O4S2/c1-14(26)15-5-7-17(8-6-15)31(28,29)25-11-9-24(10-12-25)18(27)13-30-20-22-21-19(23(20)2)16-3-4-16/h5-8,16H,3-4,9-13H2,1-2H3. The quantitative estimate of drug-likeness (QED) is 0.453. The van der Waals surface area contributed by atoms with Crippen LogP contribution in [-0.4, -0.2) is 76.0 Å². The molecule has 9 nitrogen and oxygen atoms in total. The van der Waals surface area contributed by atoms with Crippen molar-refractivity contribution in [3.05, 3.63) is 35.7 Å². The van der Waals surface area contributed by atoms with Crippen LogP contribution in [0, 0.1) is 0 Å². The fraction of sp³-hybridized carbons (Fsp3) is 0.500. The number of rotatable bonds is 7. The molecule has 0 atom stereocenters. The van der Waals surface area contributed by atoms with E-state index in [0.29, 0.717) is 24.6 Å². The molecule has 2 aliphatic rings. The number of carbonyl (C=O) groups excluding carboxylic acids is 2. The van der Waals surface area contributed by atoms with E-state index in [2.05, 4.69) is 10.2 Å². The molecule has 0 spiro atoms. The summed E-state index contributed by atoms with van der Waals surface area (Å²) in [5.41, 5.74) is 0.471. The summed E-state index contributed by atoms with van der Waals surface area (Å²) in [5.74, 6) is 1.57. The van der Waals surface area contributed by atoms with E-state index in [0.717, 1.165) is 23.8 Å². The highest BCUT2D eigenvalue weighted by molar-refractivity contribution is 7.99. The first kappa shape index (κ1) is 22.0.